The first-order valence-corrected chi connectivity index (χ1v) is 11.8. The number of anilines is 1. The lowest BCUT2D eigenvalue weighted by molar-refractivity contribution is -0.137. The van der Waals surface area contributed by atoms with Crippen molar-refractivity contribution in [2.45, 2.75) is 28.8 Å². The highest BCUT2D eigenvalue weighted by Crippen LogP contribution is 2.42. The number of nitrogens with zero attached hydrogens (tertiary/aromatic N) is 1. The summed E-state index contributed by atoms with van der Waals surface area (Å²) in [4.78, 5) is 29.4. The molecule has 1 aliphatic rings. The summed E-state index contributed by atoms with van der Waals surface area (Å²) in [5, 5.41) is 2.73. The number of nitrogens with one attached hydrogen (secondary N) is 1. The normalized spacial score (nSPS) is 13.3. The zero-order valence-electron chi connectivity index (χ0n) is 19.5. The van der Waals surface area contributed by atoms with Gasteiger partial charge < -0.3 is 19.7 Å². The molecular formula is C26H23F3N2O4S. The van der Waals surface area contributed by atoms with Crippen LogP contribution in [-0.4, -0.2) is 38.9 Å². The van der Waals surface area contributed by atoms with Crippen LogP contribution in [0.5, 0.6) is 0 Å². The van der Waals surface area contributed by atoms with E-state index in [1.807, 2.05) is 12.1 Å². The second-order valence-electron chi connectivity index (χ2n) is 7.98. The van der Waals surface area contributed by atoms with E-state index in [0.717, 1.165) is 21.9 Å². The molecule has 36 heavy (non-hydrogen) atoms. The summed E-state index contributed by atoms with van der Waals surface area (Å²) in [5.41, 5.74) is 1.03. The maximum atomic E-state index is 13.6. The fourth-order valence-corrected chi connectivity index (χ4v) is 4.80. The van der Waals surface area contributed by atoms with Gasteiger partial charge in [-0.3, -0.25) is 9.59 Å². The molecule has 0 saturated carbocycles. The fourth-order valence-electron chi connectivity index (χ4n) is 3.74. The highest BCUT2D eigenvalue weighted by molar-refractivity contribution is 7.99. The Morgan fingerprint density at radius 2 is 1.69 bits per heavy atom. The first-order chi connectivity index (χ1) is 17.2. The third-order valence-electron chi connectivity index (χ3n) is 5.67. The molecule has 0 atom stereocenters. The molecule has 0 unspecified atom stereocenters. The van der Waals surface area contributed by atoms with Crippen molar-refractivity contribution in [1.29, 1.82) is 0 Å². The van der Waals surface area contributed by atoms with Crippen molar-refractivity contribution in [3.8, 4) is 0 Å². The summed E-state index contributed by atoms with van der Waals surface area (Å²) in [6, 6.07) is 16.8. The minimum absolute atomic E-state index is 0.0271. The number of rotatable bonds is 7. The van der Waals surface area contributed by atoms with Crippen LogP contribution >= 0.6 is 11.8 Å². The molecule has 6 nitrogen and oxygen atoms in total. The molecule has 1 heterocycles. The average Bonchev–Trinajstić information content (AvgIpc) is 2.98. The van der Waals surface area contributed by atoms with Gasteiger partial charge in [0.1, 0.15) is 0 Å². The Balaban J connectivity index is 1.70. The summed E-state index contributed by atoms with van der Waals surface area (Å²) in [6.07, 6.45) is -5.07. The van der Waals surface area contributed by atoms with Gasteiger partial charge in [0.05, 0.1) is 29.9 Å². The van der Waals surface area contributed by atoms with E-state index in [-0.39, 0.29) is 24.9 Å². The Labute approximate surface area is 210 Å². The Hall–Kier alpha value is -3.34. The Bertz CT molecular complexity index is 1260. The van der Waals surface area contributed by atoms with Gasteiger partial charge in [-0.25, -0.2) is 0 Å². The van der Waals surface area contributed by atoms with E-state index in [1.54, 1.807) is 30.3 Å². The van der Waals surface area contributed by atoms with E-state index in [9.17, 15) is 22.8 Å². The van der Waals surface area contributed by atoms with Crippen LogP contribution in [0.3, 0.4) is 0 Å². The maximum Gasteiger partial charge on any atom is 0.416 e. The first kappa shape index (κ1) is 25.7. The summed E-state index contributed by atoms with van der Waals surface area (Å²) in [6.45, 7) is 0.149. The van der Waals surface area contributed by atoms with Crippen molar-refractivity contribution >= 4 is 29.3 Å². The van der Waals surface area contributed by atoms with E-state index < -0.39 is 18.0 Å². The summed E-state index contributed by atoms with van der Waals surface area (Å²) in [5.74, 6) is -0.696. The Kier molecular flexibility index (Phi) is 7.67. The molecule has 0 bridgehead atoms. The zero-order chi connectivity index (χ0) is 25.9. The monoisotopic (exact) mass is 516 g/mol. The van der Waals surface area contributed by atoms with Gasteiger partial charge >= 0.3 is 6.18 Å². The van der Waals surface area contributed by atoms with Crippen LogP contribution in [0.25, 0.3) is 0 Å². The lowest BCUT2D eigenvalue weighted by Crippen LogP contribution is -2.34. The molecule has 0 spiro atoms. The topological polar surface area (TPSA) is 67.9 Å². The number of halogens is 3. The largest absolute Gasteiger partial charge is 0.416 e. The number of carbonyl (C=O) groups excluding carboxylic acids is 2. The van der Waals surface area contributed by atoms with Crippen molar-refractivity contribution in [2.24, 2.45) is 0 Å². The predicted octanol–water partition coefficient (Wildman–Crippen LogP) is 5.37. The van der Waals surface area contributed by atoms with Crippen LogP contribution in [0.1, 0.15) is 31.8 Å². The molecule has 0 radical (unpaired) electrons. The number of hydrogen-bond acceptors (Lipinski definition) is 5. The Morgan fingerprint density at radius 3 is 2.36 bits per heavy atom. The van der Waals surface area contributed by atoms with Crippen LogP contribution in [0, 0.1) is 0 Å². The van der Waals surface area contributed by atoms with Gasteiger partial charge in [0.15, 0.2) is 6.29 Å². The minimum Gasteiger partial charge on any atom is -0.354 e. The van der Waals surface area contributed by atoms with E-state index in [4.69, 9.17) is 9.47 Å². The first-order valence-electron chi connectivity index (χ1n) is 10.9. The lowest BCUT2D eigenvalue weighted by Gasteiger charge is -2.24. The van der Waals surface area contributed by atoms with E-state index in [0.29, 0.717) is 22.4 Å². The second-order valence-corrected chi connectivity index (χ2v) is 9.06. The van der Waals surface area contributed by atoms with Gasteiger partial charge in [0.2, 0.25) is 0 Å². The molecule has 1 aliphatic heterocycles. The number of benzene rings is 3. The van der Waals surface area contributed by atoms with Crippen molar-refractivity contribution in [3.63, 3.8) is 0 Å². The summed E-state index contributed by atoms with van der Waals surface area (Å²) in [7, 11) is 2.92. The SMILES string of the molecule is COC(CNC(=O)c1ccc2c(c1)N(Cc1ccc(C(F)(F)F)cc1)C(=O)c1ccccc1S2)OC. The number of carbonyl (C=O) groups is 2. The average molecular weight is 517 g/mol. The molecule has 10 heteroatoms. The Morgan fingerprint density at radius 1 is 1.00 bits per heavy atom. The van der Waals surface area contributed by atoms with Crippen LogP contribution in [0.15, 0.2) is 76.5 Å². The van der Waals surface area contributed by atoms with E-state index in [2.05, 4.69) is 5.32 Å². The minimum atomic E-state index is -4.45. The number of fused-ring (bicyclic) bond motifs is 2. The molecule has 2 amide bonds. The molecule has 0 aromatic heterocycles. The van der Waals surface area contributed by atoms with Crippen molar-refractivity contribution < 1.29 is 32.2 Å². The molecule has 0 aliphatic carbocycles. The molecule has 3 aromatic rings. The highest BCUT2D eigenvalue weighted by atomic mass is 32.2. The molecule has 0 fully saturated rings. The number of methoxy groups -OCH3 is 2. The molecular weight excluding hydrogens is 493 g/mol. The predicted molar refractivity (Wildman–Crippen MR) is 129 cm³/mol. The molecule has 188 valence electrons. The molecule has 4 rings (SSSR count). The smallest absolute Gasteiger partial charge is 0.354 e. The van der Waals surface area contributed by atoms with Gasteiger partial charge in [0, 0.05) is 29.6 Å². The standard InChI is InChI=1S/C26H23F3N2O4S/c1-34-23(35-2)14-30-24(32)17-9-12-22-20(13-17)31(25(33)19-5-3-4-6-21(19)36-22)15-16-7-10-18(11-8-16)26(27,28)29/h3-13,23H,14-15H2,1-2H3,(H,30,32). The number of ether oxygens (including phenoxy) is 2. The third-order valence-corrected chi connectivity index (χ3v) is 6.81. The third kappa shape index (κ3) is 5.56. The molecule has 3 aromatic carbocycles. The number of alkyl halides is 3. The van der Waals surface area contributed by atoms with Gasteiger partial charge in [-0.2, -0.15) is 13.2 Å². The number of hydrogen-bond donors (Lipinski definition) is 1. The van der Waals surface area contributed by atoms with Crippen LogP contribution in [-0.2, 0) is 22.2 Å². The fraction of sp³-hybridized carbons (Fsp3) is 0.231. The summed E-state index contributed by atoms with van der Waals surface area (Å²) >= 11 is 1.39. The van der Waals surface area contributed by atoms with Crippen molar-refractivity contribution in [2.75, 3.05) is 25.7 Å². The van der Waals surface area contributed by atoms with Gasteiger partial charge in [-0.05, 0) is 48.0 Å². The highest BCUT2D eigenvalue weighted by Gasteiger charge is 2.31. The second kappa shape index (κ2) is 10.7. The van der Waals surface area contributed by atoms with Gasteiger partial charge in [0.25, 0.3) is 11.8 Å². The van der Waals surface area contributed by atoms with Crippen LogP contribution in [0.4, 0.5) is 18.9 Å². The zero-order valence-corrected chi connectivity index (χ0v) is 20.3. The van der Waals surface area contributed by atoms with Crippen molar-refractivity contribution in [1.82, 2.24) is 5.32 Å². The molecule has 0 saturated heterocycles. The van der Waals surface area contributed by atoms with Gasteiger partial charge in [-0.1, -0.05) is 36.0 Å². The van der Waals surface area contributed by atoms with Gasteiger partial charge in [-0.15, -0.1) is 0 Å². The van der Waals surface area contributed by atoms with Crippen LogP contribution < -0.4 is 10.2 Å². The van der Waals surface area contributed by atoms with Crippen molar-refractivity contribution in [3.05, 3.63) is 89.0 Å². The number of amides is 2. The maximum absolute atomic E-state index is 13.6. The van der Waals surface area contributed by atoms with Crippen LogP contribution in [0.2, 0.25) is 0 Å². The summed E-state index contributed by atoms with van der Waals surface area (Å²) < 4.78 is 49.2. The van der Waals surface area contributed by atoms with E-state index >= 15 is 0 Å². The lowest BCUT2D eigenvalue weighted by atomic mass is 10.1. The quantitative estimate of drug-likeness (QED) is 0.428. The molecule has 1 N–H and O–H groups in total. The van der Waals surface area contributed by atoms with E-state index in [1.165, 1.54) is 43.0 Å².